The Morgan fingerprint density at radius 1 is 1.08 bits per heavy atom. The molecule has 0 aliphatic carbocycles. The zero-order chi connectivity index (χ0) is 26.0. The Labute approximate surface area is 216 Å². The number of methoxy groups -OCH3 is 3. The highest BCUT2D eigenvalue weighted by atomic mass is 35.5. The Morgan fingerprint density at radius 3 is 2.39 bits per heavy atom. The van der Waals surface area contributed by atoms with Crippen molar-refractivity contribution in [3.8, 4) is 17.2 Å². The molecule has 0 unspecified atom stereocenters. The third-order valence-corrected chi connectivity index (χ3v) is 6.96. The Kier molecular flexibility index (Phi) is 7.51. The van der Waals surface area contributed by atoms with E-state index in [0.29, 0.717) is 54.0 Å². The van der Waals surface area contributed by atoms with Crippen LogP contribution in [0.5, 0.6) is 17.2 Å². The molecule has 0 fully saturated rings. The van der Waals surface area contributed by atoms with E-state index < -0.39 is 12.0 Å². The zero-order valence-corrected chi connectivity index (χ0v) is 22.0. The lowest BCUT2D eigenvalue weighted by atomic mass is 9.96. The van der Waals surface area contributed by atoms with Crippen molar-refractivity contribution in [1.29, 1.82) is 0 Å². The summed E-state index contributed by atoms with van der Waals surface area (Å²) in [5, 5.41) is 0.546. The number of nitrogens with zero attached hydrogens (tertiary/aromatic N) is 2. The van der Waals surface area contributed by atoms with Crippen molar-refractivity contribution in [2.45, 2.75) is 19.9 Å². The Bertz CT molecular complexity index is 1520. The van der Waals surface area contributed by atoms with Gasteiger partial charge in [0, 0.05) is 10.6 Å². The summed E-state index contributed by atoms with van der Waals surface area (Å²) in [6.45, 7) is 3.67. The van der Waals surface area contributed by atoms with Crippen molar-refractivity contribution in [2.24, 2.45) is 4.99 Å². The van der Waals surface area contributed by atoms with Gasteiger partial charge in [-0.3, -0.25) is 9.36 Å². The summed E-state index contributed by atoms with van der Waals surface area (Å²) < 4.78 is 23.7. The monoisotopic (exact) mass is 528 g/mol. The summed E-state index contributed by atoms with van der Waals surface area (Å²) in [5.41, 5.74) is 1.84. The highest BCUT2D eigenvalue weighted by molar-refractivity contribution is 7.07. The van der Waals surface area contributed by atoms with Crippen LogP contribution in [0, 0.1) is 0 Å². The molecule has 188 valence electrons. The van der Waals surface area contributed by atoms with Gasteiger partial charge in [0.25, 0.3) is 5.56 Å². The smallest absolute Gasteiger partial charge is 0.338 e. The number of rotatable bonds is 7. The van der Waals surface area contributed by atoms with Gasteiger partial charge in [-0.15, -0.1) is 0 Å². The van der Waals surface area contributed by atoms with E-state index in [-0.39, 0.29) is 12.2 Å². The van der Waals surface area contributed by atoms with Crippen LogP contribution in [0.25, 0.3) is 6.08 Å². The number of benzene rings is 2. The van der Waals surface area contributed by atoms with Crippen LogP contribution in [0.15, 0.2) is 57.5 Å². The van der Waals surface area contributed by atoms with Gasteiger partial charge < -0.3 is 18.9 Å². The lowest BCUT2D eigenvalue weighted by molar-refractivity contribution is -0.139. The van der Waals surface area contributed by atoms with Crippen molar-refractivity contribution in [1.82, 2.24) is 4.57 Å². The molecule has 0 spiro atoms. The molecule has 1 aliphatic rings. The second-order valence-corrected chi connectivity index (χ2v) is 9.22. The second-order valence-electron chi connectivity index (χ2n) is 7.78. The van der Waals surface area contributed by atoms with Crippen molar-refractivity contribution in [2.75, 3.05) is 27.9 Å². The number of ether oxygens (including phenoxy) is 4. The number of carbonyl (C=O) groups excluding carboxylic acids is 1. The van der Waals surface area contributed by atoms with Crippen molar-refractivity contribution in [3.05, 3.63) is 83.5 Å². The normalized spacial score (nSPS) is 15.3. The molecule has 10 heteroatoms. The highest BCUT2D eigenvalue weighted by Crippen LogP contribution is 2.40. The molecule has 8 nitrogen and oxygen atoms in total. The quantitative estimate of drug-likeness (QED) is 0.436. The third-order valence-electron chi connectivity index (χ3n) is 5.72. The second kappa shape index (κ2) is 10.6. The van der Waals surface area contributed by atoms with Gasteiger partial charge in [-0.2, -0.15) is 0 Å². The predicted octanol–water partition coefficient (Wildman–Crippen LogP) is 3.48. The maximum atomic E-state index is 13.8. The average Bonchev–Trinajstić information content (AvgIpc) is 3.17. The molecule has 4 rings (SSSR count). The highest BCUT2D eigenvalue weighted by Gasteiger charge is 2.33. The van der Waals surface area contributed by atoms with Crippen molar-refractivity contribution < 1.29 is 23.7 Å². The van der Waals surface area contributed by atoms with E-state index in [1.165, 1.54) is 37.2 Å². The third kappa shape index (κ3) is 4.52. The number of aromatic nitrogens is 1. The lowest BCUT2D eigenvalue weighted by Crippen LogP contribution is -2.39. The standard InChI is InChI=1S/C26H25ClN2O6S/c1-6-35-25(31)20-14(2)28-26-29(21(20)15-7-10-17(27)11-8-15)24(30)19(36-26)13-16-9-12-18(32-3)23(34-5)22(16)33-4/h7-13,21H,6H2,1-5H3/b19-13+/t21-/m0/s1. The molecule has 0 amide bonds. The maximum absolute atomic E-state index is 13.8. The fourth-order valence-corrected chi connectivity index (χ4v) is 5.29. The molecular weight excluding hydrogens is 504 g/mol. The summed E-state index contributed by atoms with van der Waals surface area (Å²) in [6, 6.07) is 9.83. The van der Waals surface area contributed by atoms with E-state index in [1.807, 2.05) is 0 Å². The fourth-order valence-electron chi connectivity index (χ4n) is 4.13. The van der Waals surface area contributed by atoms with Crippen LogP contribution < -0.4 is 29.1 Å². The van der Waals surface area contributed by atoms with E-state index >= 15 is 0 Å². The Balaban J connectivity index is 1.97. The molecule has 0 bridgehead atoms. The maximum Gasteiger partial charge on any atom is 0.338 e. The topological polar surface area (TPSA) is 88.4 Å². The summed E-state index contributed by atoms with van der Waals surface area (Å²) >= 11 is 7.32. The minimum atomic E-state index is -0.716. The largest absolute Gasteiger partial charge is 0.493 e. The molecule has 0 radical (unpaired) electrons. The first-order chi connectivity index (χ1) is 17.3. The number of carbonyl (C=O) groups is 1. The summed E-state index contributed by atoms with van der Waals surface area (Å²) in [7, 11) is 4.57. The summed E-state index contributed by atoms with van der Waals surface area (Å²) in [5.74, 6) is 0.835. The molecule has 2 heterocycles. The van der Waals surface area contributed by atoms with Gasteiger partial charge in [0.05, 0.1) is 49.8 Å². The van der Waals surface area contributed by atoms with Gasteiger partial charge in [0.1, 0.15) is 0 Å². The molecule has 1 atom stereocenters. The molecule has 36 heavy (non-hydrogen) atoms. The average molecular weight is 529 g/mol. The fraction of sp³-hybridized carbons (Fsp3) is 0.269. The van der Waals surface area contributed by atoms with Gasteiger partial charge in [0.15, 0.2) is 16.3 Å². The van der Waals surface area contributed by atoms with Gasteiger partial charge in [-0.25, -0.2) is 9.79 Å². The molecule has 0 saturated heterocycles. The van der Waals surface area contributed by atoms with Crippen LogP contribution in [0.4, 0.5) is 0 Å². The van der Waals surface area contributed by atoms with Crippen LogP contribution >= 0.6 is 22.9 Å². The molecule has 2 aromatic carbocycles. The predicted molar refractivity (Wildman–Crippen MR) is 138 cm³/mol. The molecule has 1 aromatic heterocycles. The van der Waals surface area contributed by atoms with Gasteiger partial charge in [-0.1, -0.05) is 35.1 Å². The molecule has 0 saturated carbocycles. The van der Waals surface area contributed by atoms with Crippen LogP contribution in [-0.2, 0) is 9.53 Å². The Morgan fingerprint density at radius 2 is 1.78 bits per heavy atom. The summed E-state index contributed by atoms with van der Waals surface area (Å²) in [6.07, 6.45) is 1.72. The van der Waals surface area contributed by atoms with E-state index in [2.05, 4.69) is 4.99 Å². The van der Waals surface area contributed by atoms with Gasteiger partial charge >= 0.3 is 5.97 Å². The van der Waals surface area contributed by atoms with Crippen molar-refractivity contribution in [3.63, 3.8) is 0 Å². The number of halogens is 1. The number of allylic oxidation sites excluding steroid dienone is 1. The first-order valence-corrected chi connectivity index (χ1v) is 12.3. The first kappa shape index (κ1) is 25.5. The first-order valence-electron chi connectivity index (χ1n) is 11.1. The minimum Gasteiger partial charge on any atom is -0.493 e. The van der Waals surface area contributed by atoms with Crippen LogP contribution in [0.2, 0.25) is 5.02 Å². The zero-order valence-electron chi connectivity index (χ0n) is 20.5. The lowest BCUT2D eigenvalue weighted by Gasteiger charge is -2.24. The van der Waals surface area contributed by atoms with Crippen LogP contribution in [0.3, 0.4) is 0 Å². The van der Waals surface area contributed by atoms with Crippen LogP contribution in [-0.4, -0.2) is 38.5 Å². The molecule has 3 aromatic rings. The van der Waals surface area contributed by atoms with Crippen molar-refractivity contribution >= 4 is 35.0 Å². The van der Waals surface area contributed by atoms with E-state index in [9.17, 15) is 9.59 Å². The number of thiazole rings is 1. The minimum absolute atomic E-state index is 0.201. The SMILES string of the molecule is CCOC(=O)C1=C(C)N=c2s/c(=C/c3ccc(OC)c(OC)c3OC)c(=O)n2[C@H]1c1ccc(Cl)cc1. The van der Waals surface area contributed by atoms with E-state index in [4.69, 9.17) is 30.5 Å². The molecule has 1 aliphatic heterocycles. The summed E-state index contributed by atoms with van der Waals surface area (Å²) in [4.78, 5) is 31.8. The number of fused-ring (bicyclic) bond motifs is 1. The van der Waals surface area contributed by atoms with E-state index in [1.54, 1.807) is 56.3 Å². The number of esters is 1. The Hall–Kier alpha value is -3.56. The van der Waals surface area contributed by atoms with E-state index in [0.717, 1.165) is 0 Å². The molecular formula is C26H25ClN2O6S. The van der Waals surface area contributed by atoms with Gasteiger partial charge in [0.2, 0.25) is 5.75 Å². The number of hydrogen-bond acceptors (Lipinski definition) is 8. The number of hydrogen-bond donors (Lipinski definition) is 0. The van der Waals surface area contributed by atoms with Crippen LogP contribution in [0.1, 0.15) is 31.0 Å². The molecule has 0 N–H and O–H groups in total. The van der Waals surface area contributed by atoms with Gasteiger partial charge in [-0.05, 0) is 49.8 Å².